The van der Waals surface area contributed by atoms with Crippen LogP contribution >= 0.6 is 11.3 Å². The minimum Gasteiger partial charge on any atom is -0.343 e. The van der Waals surface area contributed by atoms with Gasteiger partial charge in [0.1, 0.15) is 0 Å². The van der Waals surface area contributed by atoms with E-state index in [-0.39, 0.29) is 0 Å². The van der Waals surface area contributed by atoms with Crippen LogP contribution in [0.25, 0.3) is 10.2 Å². The monoisotopic (exact) mass is 329 g/mol. The molecule has 1 amide bonds. The van der Waals surface area contributed by atoms with Crippen LogP contribution in [0.5, 0.6) is 0 Å². The highest BCUT2D eigenvalue weighted by Crippen LogP contribution is 2.37. The highest BCUT2D eigenvalue weighted by Gasteiger charge is 2.40. The van der Waals surface area contributed by atoms with Crippen LogP contribution in [-0.4, -0.2) is 41.0 Å². The first-order valence-corrected chi connectivity index (χ1v) is 9.51. The number of likely N-dealkylation sites (tertiary alicyclic amines) is 1. The highest BCUT2D eigenvalue weighted by atomic mass is 32.1. The molecular formula is C18H23N3OS. The zero-order valence-electron chi connectivity index (χ0n) is 13.6. The lowest BCUT2D eigenvalue weighted by atomic mass is 10.0. The minimum atomic E-state index is 0.309. The Labute approximate surface area is 141 Å². The van der Waals surface area contributed by atoms with Gasteiger partial charge in [-0.15, -0.1) is 0 Å². The molecule has 0 aliphatic carbocycles. The number of nitrogens with zero attached hydrogens (tertiary/aromatic N) is 3. The van der Waals surface area contributed by atoms with Gasteiger partial charge in [0.15, 0.2) is 5.13 Å². The van der Waals surface area contributed by atoms with Gasteiger partial charge in [0, 0.05) is 19.5 Å². The van der Waals surface area contributed by atoms with Crippen molar-refractivity contribution in [3.63, 3.8) is 0 Å². The van der Waals surface area contributed by atoms with Gasteiger partial charge in [-0.1, -0.05) is 30.4 Å². The molecule has 1 aromatic carbocycles. The lowest BCUT2D eigenvalue weighted by molar-refractivity contribution is -0.131. The maximum Gasteiger partial charge on any atom is 0.222 e. The molecule has 4 rings (SSSR count). The Kier molecular flexibility index (Phi) is 3.97. The largest absolute Gasteiger partial charge is 0.343 e. The Morgan fingerprint density at radius 3 is 2.83 bits per heavy atom. The summed E-state index contributed by atoms with van der Waals surface area (Å²) in [6.07, 6.45) is 5.27. The van der Waals surface area contributed by atoms with Crippen LogP contribution in [0.3, 0.4) is 0 Å². The average Bonchev–Trinajstić information content (AvgIpc) is 3.29. The number of para-hydroxylation sites is 1. The number of hydrogen-bond acceptors (Lipinski definition) is 4. The summed E-state index contributed by atoms with van der Waals surface area (Å²) in [6.45, 7) is 3.97. The lowest BCUT2D eigenvalue weighted by Crippen LogP contribution is -2.48. The van der Waals surface area contributed by atoms with E-state index in [0.29, 0.717) is 24.4 Å². The van der Waals surface area contributed by atoms with E-state index in [2.05, 4.69) is 28.0 Å². The Bertz CT molecular complexity index is 680. The van der Waals surface area contributed by atoms with Gasteiger partial charge in [-0.3, -0.25) is 4.79 Å². The second kappa shape index (κ2) is 6.11. The number of fused-ring (bicyclic) bond motifs is 1. The smallest absolute Gasteiger partial charge is 0.222 e. The number of rotatable bonds is 3. The van der Waals surface area contributed by atoms with Crippen LogP contribution in [0.15, 0.2) is 24.3 Å². The second-order valence-corrected chi connectivity index (χ2v) is 7.53. The quantitative estimate of drug-likeness (QED) is 0.862. The lowest BCUT2D eigenvalue weighted by Gasteiger charge is -2.34. The summed E-state index contributed by atoms with van der Waals surface area (Å²) in [5, 5.41) is 1.13. The van der Waals surface area contributed by atoms with E-state index >= 15 is 0 Å². The van der Waals surface area contributed by atoms with Crippen LogP contribution in [0.1, 0.15) is 39.0 Å². The molecule has 2 fully saturated rings. The maximum absolute atomic E-state index is 12.3. The Morgan fingerprint density at radius 2 is 2.00 bits per heavy atom. The predicted octanol–water partition coefficient (Wildman–Crippen LogP) is 3.67. The first-order chi connectivity index (χ1) is 11.3. The highest BCUT2D eigenvalue weighted by molar-refractivity contribution is 7.22. The molecule has 5 heteroatoms. The van der Waals surface area contributed by atoms with E-state index in [4.69, 9.17) is 4.98 Å². The molecule has 2 saturated heterocycles. The molecule has 0 N–H and O–H groups in total. The van der Waals surface area contributed by atoms with E-state index in [0.717, 1.165) is 36.6 Å². The van der Waals surface area contributed by atoms with Gasteiger partial charge in [-0.05, 0) is 37.8 Å². The summed E-state index contributed by atoms with van der Waals surface area (Å²) in [5.41, 5.74) is 1.09. The van der Waals surface area contributed by atoms with Gasteiger partial charge in [-0.2, -0.15) is 0 Å². The number of anilines is 1. The molecular weight excluding hydrogens is 306 g/mol. The van der Waals surface area contributed by atoms with Crippen molar-refractivity contribution in [3.8, 4) is 0 Å². The molecule has 0 bridgehead atoms. The van der Waals surface area contributed by atoms with Crippen LogP contribution in [-0.2, 0) is 4.79 Å². The van der Waals surface area contributed by atoms with E-state index in [9.17, 15) is 4.79 Å². The fraction of sp³-hybridized carbons (Fsp3) is 0.556. The Morgan fingerprint density at radius 1 is 1.22 bits per heavy atom. The van der Waals surface area contributed by atoms with E-state index in [1.807, 2.05) is 13.0 Å². The van der Waals surface area contributed by atoms with Crippen molar-refractivity contribution in [2.45, 2.75) is 51.1 Å². The number of amides is 1. The number of benzene rings is 1. The van der Waals surface area contributed by atoms with Gasteiger partial charge >= 0.3 is 0 Å². The summed E-state index contributed by atoms with van der Waals surface area (Å²) >= 11 is 1.78. The molecule has 4 nitrogen and oxygen atoms in total. The Balaban J connectivity index is 1.62. The molecule has 23 heavy (non-hydrogen) atoms. The molecule has 2 aromatic rings. The zero-order valence-corrected chi connectivity index (χ0v) is 14.4. The molecule has 2 atom stereocenters. The first kappa shape index (κ1) is 14.9. The van der Waals surface area contributed by atoms with Crippen LogP contribution in [0.4, 0.5) is 5.13 Å². The van der Waals surface area contributed by atoms with Gasteiger partial charge in [0.25, 0.3) is 0 Å². The van der Waals surface area contributed by atoms with E-state index in [1.54, 1.807) is 11.3 Å². The summed E-state index contributed by atoms with van der Waals surface area (Å²) in [5.74, 6) is 0.309. The normalized spacial score (nSPS) is 24.7. The molecule has 3 heterocycles. The van der Waals surface area contributed by atoms with Gasteiger partial charge in [0.05, 0.1) is 22.3 Å². The maximum atomic E-state index is 12.3. The molecule has 0 unspecified atom stereocenters. The van der Waals surface area contributed by atoms with Crippen molar-refractivity contribution in [1.29, 1.82) is 0 Å². The summed E-state index contributed by atoms with van der Waals surface area (Å²) in [4.78, 5) is 21.7. The van der Waals surface area contributed by atoms with Crippen molar-refractivity contribution >= 4 is 32.6 Å². The third kappa shape index (κ3) is 2.61. The standard InChI is InChI=1S/C18H23N3OS/c1-2-17(22)20-11-5-8-14(20)15-9-6-12-21(15)18-19-13-7-3-4-10-16(13)23-18/h3-4,7,10,14-15H,2,5-6,8-9,11-12H2,1H3/t14-,15-/m1/s1. The number of thiazole rings is 1. The second-order valence-electron chi connectivity index (χ2n) is 6.52. The molecule has 122 valence electrons. The van der Waals surface area contributed by atoms with Gasteiger partial charge in [0.2, 0.25) is 5.91 Å². The summed E-state index contributed by atoms with van der Waals surface area (Å²) in [7, 11) is 0. The van der Waals surface area contributed by atoms with Gasteiger partial charge in [-0.25, -0.2) is 4.98 Å². The van der Waals surface area contributed by atoms with Crippen LogP contribution in [0, 0.1) is 0 Å². The number of hydrogen-bond donors (Lipinski definition) is 0. The van der Waals surface area contributed by atoms with Crippen molar-refractivity contribution in [3.05, 3.63) is 24.3 Å². The molecule has 1 aromatic heterocycles. The molecule has 2 aliphatic heterocycles. The van der Waals surface area contributed by atoms with E-state index < -0.39 is 0 Å². The third-order valence-corrected chi connectivity index (χ3v) is 6.27. The summed E-state index contributed by atoms with van der Waals surface area (Å²) < 4.78 is 1.25. The number of aromatic nitrogens is 1. The Hall–Kier alpha value is -1.62. The first-order valence-electron chi connectivity index (χ1n) is 8.69. The molecule has 0 radical (unpaired) electrons. The van der Waals surface area contributed by atoms with E-state index in [1.165, 1.54) is 17.5 Å². The van der Waals surface area contributed by atoms with Crippen LogP contribution in [0.2, 0.25) is 0 Å². The number of carbonyl (C=O) groups is 1. The zero-order chi connectivity index (χ0) is 15.8. The SMILES string of the molecule is CCC(=O)N1CCC[C@@H]1[C@H]1CCCN1c1nc2ccccc2s1. The number of carbonyl (C=O) groups excluding carboxylic acids is 1. The fourth-order valence-electron chi connectivity index (χ4n) is 4.12. The van der Waals surface area contributed by atoms with Crippen molar-refractivity contribution < 1.29 is 4.79 Å². The third-order valence-electron chi connectivity index (χ3n) is 5.19. The van der Waals surface area contributed by atoms with Crippen molar-refractivity contribution in [1.82, 2.24) is 9.88 Å². The summed E-state index contributed by atoms with van der Waals surface area (Å²) in [6, 6.07) is 9.16. The predicted molar refractivity (Wildman–Crippen MR) is 95.0 cm³/mol. The molecule has 0 saturated carbocycles. The molecule has 2 aliphatic rings. The van der Waals surface area contributed by atoms with Crippen LogP contribution < -0.4 is 4.90 Å². The van der Waals surface area contributed by atoms with Crippen molar-refractivity contribution in [2.24, 2.45) is 0 Å². The minimum absolute atomic E-state index is 0.309. The molecule has 0 spiro atoms. The average molecular weight is 329 g/mol. The van der Waals surface area contributed by atoms with Crippen molar-refractivity contribution in [2.75, 3.05) is 18.0 Å². The topological polar surface area (TPSA) is 36.4 Å². The van der Waals surface area contributed by atoms with Gasteiger partial charge < -0.3 is 9.80 Å². The fourth-order valence-corrected chi connectivity index (χ4v) is 5.17.